The van der Waals surface area contributed by atoms with E-state index in [0.717, 1.165) is 11.1 Å². The molecule has 0 N–H and O–H groups in total. The maximum atomic E-state index is 10.9. The van der Waals surface area contributed by atoms with Gasteiger partial charge < -0.3 is 4.74 Å². The second-order valence-corrected chi connectivity index (χ2v) is 3.57. The molecule has 0 heterocycles. The highest BCUT2D eigenvalue weighted by Crippen LogP contribution is 2.10. The van der Waals surface area contributed by atoms with Crippen LogP contribution >= 0.6 is 0 Å². The highest BCUT2D eigenvalue weighted by molar-refractivity contribution is 5.86. The van der Waals surface area contributed by atoms with Crippen molar-refractivity contribution < 1.29 is 14.5 Å². The molecule has 0 unspecified atom stereocenters. The summed E-state index contributed by atoms with van der Waals surface area (Å²) in [5, 5.41) is 10.5. The first-order valence-electron chi connectivity index (χ1n) is 5.21. The molecular formula is C13H13NO4. The van der Waals surface area contributed by atoms with Crippen LogP contribution in [0.2, 0.25) is 0 Å². The van der Waals surface area contributed by atoms with E-state index >= 15 is 0 Å². The minimum absolute atomic E-state index is 0.0767. The minimum Gasteiger partial charge on any atom is -0.466 e. The number of rotatable bonds is 4. The second kappa shape index (κ2) is 6.34. The maximum absolute atomic E-state index is 10.9. The van der Waals surface area contributed by atoms with Crippen LogP contribution in [0.15, 0.2) is 36.0 Å². The van der Waals surface area contributed by atoms with Crippen LogP contribution in [0.4, 0.5) is 0 Å². The van der Waals surface area contributed by atoms with Crippen LogP contribution in [0.1, 0.15) is 18.1 Å². The molecule has 1 aromatic carbocycles. The molecule has 0 aliphatic carbocycles. The molecule has 0 saturated carbocycles. The SMILES string of the molecule is COC(=O)/C=C/c1ccc(C=C(C)[N+](=O)[O-])cc1. The number of ether oxygens (including phenoxy) is 1. The zero-order valence-corrected chi connectivity index (χ0v) is 10.1. The second-order valence-electron chi connectivity index (χ2n) is 3.57. The van der Waals surface area contributed by atoms with Gasteiger partial charge in [-0.1, -0.05) is 24.3 Å². The number of allylic oxidation sites excluding steroid dienone is 1. The van der Waals surface area contributed by atoms with Gasteiger partial charge in [0.05, 0.1) is 12.0 Å². The summed E-state index contributed by atoms with van der Waals surface area (Å²) in [6.07, 6.45) is 4.40. The maximum Gasteiger partial charge on any atom is 0.330 e. The molecule has 18 heavy (non-hydrogen) atoms. The molecule has 0 radical (unpaired) electrons. The lowest BCUT2D eigenvalue weighted by molar-refractivity contribution is -0.422. The van der Waals surface area contributed by atoms with Crippen molar-refractivity contribution in [3.63, 3.8) is 0 Å². The van der Waals surface area contributed by atoms with Gasteiger partial charge in [-0.05, 0) is 17.2 Å². The average Bonchev–Trinajstić information content (AvgIpc) is 2.37. The number of benzene rings is 1. The summed E-state index contributed by atoms with van der Waals surface area (Å²) in [5.41, 5.74) is 1.63. The Bertz CT molecular complexity index is 500. The van der Waals surface area contributed by atoms with Crippen LogP contribution in [0.3, 0.4) is 0 Å². The van der Waals surface area contributed by atoms with Crippen LogP contribution < -0.4 is 0 Å². The van der Waals surface area contributed by atoms with Gasteiger partial charge in [-0.2, -0.15) is 0 Å². The van der Waals surface area contributed by atoms with Crippen molar-refractivity contribution in [1.29, 1.82) is 0 Å². The van der Waals surface area contributed by atoms with E-state index in [9.17, 15) is 14.9 Å². The molecule has 0 amide bonds. The van der Waals surface area contributed by atoms with Crippen molar-refractivity contribution >= 4 is 18.1 Å². The van der Waals surface area contributed by atoms with Gasteiger partial charge >= 0.3 is 5.97 Å². The highest BCUT2D eigenvalue weighted by atomic mass is 16.6. The summed E-state index contributed by atoms with van der Waals surface area (Å²) in [4.78, 5) is 20.9. The van der Waals surface area contributed by atoms with Gasteiger partial charge in [0.15, 0.2) is 0 Å². The Balaban J connectivity index is 2.81. The van der Waals surface area contributed by atoms with Crippen molar-refractivity contribution in [2.45, 2.75) is 6.92 Å². The third-order valence-corrected chi connectivity index (χ3v) is 2.21. The molecule has 0 spiro atoms. The van der Waals surface area contributed by atoms with E-state index in [0.29, 0.717) is 0 Å². The number of nitro groups is 1. The largest absolute Gasteiger partial charge is 0.466 e. The summed E-state index contributed by atoms with van der Waals surface area (Å²) in [5.74, 6) is -0.428. The Kier molecular flexibility index (Phi) is 4.80. The molecule has 94 valence electrons. The predicted octanol–water partition coefficient (Wildman–Crippen LogP) is 2.51. The molecule has 0 saturated heterocycles. The van der Waals surface area contributed by atoms with Gasteiger partial charge in [-0.15, -0.1) is 0 Å². The van der Waals surface area contributed by atoms with Crippen molar-refractivity contribution in [3.05, 3.63) is 57.3 Å². The summed E-state index contributed by atoms with van der Waals surface area (Å²) in [6, 6.07) is 7.00. The number of hydrogen-bond donors (Lipinski definition) is 0. The summed E-state index contributed by atoms with van der Waals surface area (Å²) in [7, 11) is 1.31. The minimum atomic E-state index is -0.439. The third-order valence-electron chi connectivity index (χ3n) is 2.21. The van der Waals surface area contributed by atoms with E-state index in [-0.39, 0.29) is 5.70 Å². The van der Waals surface area contributed by atoms with Gasteiger partial charge in [0, 0.05) is 19.1 Å². The summed E-state index contributed by atoms with van der Waals surface area (Å²) < 4.78 is 4.46. The van der Waals surface area contributed by atoms with Crippen LogP contribution in [-0.2, 0) is 9.53 Å². The van der Waals surface area contributed by atoms with Crippen LogP contribution in [0.25, 0.3) is 12.2 Å². The number of nitrogens with zero attached hydrogens (tertiary/aromatic N) is 1. The van der Waals surface area contributed by atoms with E-state index in [2.05, 4.69) is 4.74 Å². The standard InChI is InChI=1S/C13H13NO4/c1-10(14(16)17)9-12-5-3-11(4-6-12)7-8-13(15)18-2/h3-9H,1-2H3/b8-7+,10-9?. The Morgan fingerprint density at radius 3 is 2.33 bits per heavy atom. The average molecular weight is 247 g/mol. The fourth-order valence-electron chi connectivity index (χ4n) is 1.23. The van der Waals surface area contributed by atoms with Gasteiger partial charge in [0.25, 0.3) is 0 Å². The Hall–Kier alpha value is -2.43. The zero-order valence-electron chi connectivity index (χ0n) is 10.1. The normalized spacial score (nSPS) is 11.6. The van der Waals surface area contributed by atoms with E-state index in [4.69, 9.17) is 0 Å². The first-order chi connectivity index (χ1) is 8.52. The lowest BCUT2D eigenvalue weighted by atomic mass is 10.1. The molecule has 5 nitrogen and oxygen atoms in total. The first kappa shape index (κ1) is 13.6. The molecule has 0 aliphatic rings. The van der Waals surface area contributed by atoms with Crippen molar-refractivity contribution in [2.75, 3.05) is 7.11 Å². The molecule has 0 atom stereocenters. The Morgan fingerprint density at radius 1 is 1.28 bits per heavy atom. The number of hydrogen-bond acceptors (Lipinski definition) is 4. The summed E-state index contributed by atoms with van der Waals surface area (Å²) >= 11 is 0. The van der Waals surface area contributed by atoms with Gasteiger partial charge in [-0.3, -0.25) is 10.1 Å². The molecule has 0 fully saturated rings. The number of carbonyl (C=O) groups is 1. The van der Waals surface area contributed by atoms with E-state index in [1.807, 2.05) is 0 Å². The lowest BCUT2D eigenvalue weighted by Crippen LogP contribution is -1.93. The highest BCUT2D eigenvalue weighted by Gasteiger charge is 2.01. The van der Waals surface area contributed by atoms with Crippen LogP contribution in [0.5, 0.6) is 0 Å². The molecule has 1 rings (SSSR count). The first-order valence-corrected chi connectivity index (χ1v) is 5.21. The topological polar surface area (TPSA) is 69.4 Å². The summed E-state index contributed by atoms with van der Waals surface area (Å²) in [6.45, 7) is 1.44. The number of esters is 1. The number of methoxy groups -OCH3 is 1. The monoisotopic (exact) mass is 247 g/mol. The fraction of sp³-hybridized carbons (Fsp3) is 0.154. The van der Waals surface area contributed by atoms with Gasteiger partial charge in [0.1, 0.15) is 0 Å². The van der Waals surface area contributed by atoms with Gasteiger partial charge in [-0.25, -0.2) is 4.79 Å². The van der Waals surface area contributed by atoms with E-state index in [1.54, 1.807) is 30.3 Å². The predicted molar refractivity (Wildman–Crippen MR) is 68.1 cm³/mol. The quantitative estimate of drug-likeness (QED) is 0.355. The van der Waals surface area contributed by atoms with E-state index < -0.39 is 10.9 Å². The Morgan fingerprint density at radius 2 is 1.83 bits per heavy atom. The van der Waals surface area contributed by atoms with Crippen LogP contribution in [0, 0.1) is 10.1 Å². The zero-order chi connectivity index (χ0) is 13.5. The number of carbonyl (C=O) groups excluding carboxylic acids is 1. The molecule has 5 heteroatoms. The van der Waals surface area contributed by atoms with Crippen molar-refractivity contribution in [3.8, 4) is 0 Å². The van der Waals surface area contributed by atoms with Crippen molar-refractivity contribution in [2.24, 2.45) is 0 Å². The molecule has 0 bridgehead atoms. The smallest absolute Gasteiger partial charge is 0.330 e. The van der Waals surface area contributed by atoms with Gasteiger partial charge in [0.2, 0.25) is 5.70 Å². The van der Waals surface area contributed by atoms with Crippen LogP contribution in [-0.4, -0.2) is 18.0 Å². The third kappa shape index (κ3) is 4.21. The lowest BCUT2D eigenvalue weighted by Gasteiger charge is -1.96. The molecule has 1 aromatic rings. The fourth-order valence-corrected chi connectivity index (χ4v) is 1.23. The Labute approximate surface area is 105 Å². The van der Waals surface area contributed by atoms with E-state index in [1.165, 1.54) is 26.2 Å². The molecule has 0 aliphatic heterocycles. The van der Waals surface area contributed by atoms with Crippen molar-refractivity contribution in [1.82, 2.24) is 0 Å². The molecular weight excluding hydrogens is 234 g/mol. The molecule has 0 aromatic heterocycles.